The van der Waals surface area contributed by atoms with Gasteiger partial charge in [0.1, 0.15) is 0 Å². The van der Waals surface area contributed by atoms with E-state index in [2.05, 4.69) is 25.9 Å². The molecule has 0 radical (unpaired) electrons. The monoisotopic (exact) mass is 406 g/mol. The molecule has 1 fully saturated rings. The third-order valence-electron chi connectivity index (χ3n) is 4.38. The maximum absolute atomic E-state index is 12.9. The highest BCUT2D eigenvalue weighted by Crippen LogP contribution is 2.30. The molecule has 0 saturated carbocycles. The van der Waals surface area contributed by atoms with E-state index in [0.29, 0.717) is 12.4 Å². The Kier molecular flexibility index (Phi) is 4.97. The molecule has 0 bridgehead atoms. The topological polar surface area (TPSA) is 96.9 Å². The van der Waals surface area contributed by atoms with Gasteiger partial charge in [0.25, 0.3) is 0 Å². The molecule has 3 N–H and O–H groups in total. The van der Waals surface area contributed by atoms with Crippen LogP contribution in [0.2, 0.25) is 0 Å². The predicted octanol–water partition coefficient (Wildman–Crippen LogP) is 4.11. The van der Waals surface area contributed by atoms with E-state index < -0.39 is 17.8 Å². The van der Waals surface area contributed by atoms with E-state index >= 15 is 0 Å². The molecule has 11 heteroatoms. The standard InChI is InChI=1S/C18H17F3N6O2/c19-18(20,21)11-3-1-4-12(9-11)27-7-6-15(26-27)22-17(28)23-16-10-13(24-25-16)14-5-2-8-29-14/h1,3-4,6-7,9-10,14H,2,5,8H2,(H3,22,23,24,25,26,28). The first kappa shape index (κ1) is 19.0. The van der Waals surface area contributed by atoms with Crippen molar-refractivity contribution in [2.24, 2.45) is 0 Å². The number of carbonyl (C=O) groups excluding carboxylic acids is 1. The molecule has 152 valence electrons. The van der Waals surface area contributed by atoms with Crippen molar-refractivity contribution in [1.29, 1.82) is 0 Å². The average Bonchev–Trinajstić information content (AvgIpc) is 3.42. The molecule has 29 heavy (non-hydrogen) atoms. The number of alkyl halides is 3. The number of hydrogen-bond acceptors (Lipinski definition) is 4. The summed E-state index contributed by atoms with van der Waals surface area (Å²) in [5.41, 5.74) is 0.228. The van der Waals surface area contributed by atoms with Crippen molar-refractivity contribution < 1.29 is 22.7 Å². The molecule has 3 heterocycles. The Bertz CT molecular complexity index is 1010. The highest BCUT2D eigenvalue weighted by Gasteiger charge is 2.30. The number of aromatic nitrogens is 4. The summed E-state index contributed by atoms with van der Waals surface area (Å²) < 4.78 is 45.4. The van der Waals surface area contributed by atoms with Crippen molar-refractivity contribution in [1.82, 2.24) is 20.0 Å². The van der Waals surface area contributed by atoms with Crippen molar-refractivity contribution in [3.8, 4) is 5.69 Å². The summed E-state index contributed by atoms with van der Waals surface area (Å²) in [5.74, 6) is 0.500. The molecule has 8 nitrogen and oxygen atoms in total. The van der Waals surface area contributed by atoms with Crippen molar-refractivity contribution in [3.63, 3.8) is 0 Å². The number of hydrogen-bond donors (Lipinski definition) is 3. The van der Waals surface area contributed by atoms with E-state index in [4.69, 9.17) is 4.74 Å². The zero-order chi connectivity index (χ0) is 20.4. The molecule has 1 aliphatic heterocycles. The maximum atomic E-state index is 12.9. The van der Waals surface area contributed by atoms with Gasteiger partial charge in [-0.25, -0.2) is 9.48 Å². The second-order valence-electron chi connectivity index (χ2n) is 6.48. The van der Waals surface area contributed by atoms with E-state index in [1.54, 1.807) is 6.07 Å². The highest BCUT2D eigenvalue weighted by atomic mass is 19.4. The van der Waals surface area contributed by atoms with E-state index in [1.165, 1.54) is 29.1 Å². The molecule has 1 saturated heterocycles. The smallest absolute Gasteiger partial charge is 0.372 e. The van der Waals surface area contributed by atoms with Crippen LogP contribution in [0.5, 0.6) is 0 Å². The third kappa shape index (κ3) is 4.40. The number of anilines is 2. The lowest BCUT2D eigenvalue weighted by Crippen LogP contribution is -2.20. The van der Waals surface area contributed by atoms with Crippen LogP contribution < -0.4 is 10.6 Å². The summed E-state index contributed by atoms with van der Waals surface area (Å²) in [4.78, 5) is 12.1. The number of ether oxygens (including phenoxy) is 1. The number of amides is 2. The first-order valence-electron chi connectivity index (χ1n) is 8.87. The number of rotatable bonds is 4. The van der Waals surface area contributed by atoms with E-state index in [9.17, 15) is 18.0 Å². The quantitative estimate of drug-likeness (QED) is 0.608. The van der Waals surface area contributed by atoms with Gasteiger partial charge in [-0.1, -0.05) is 6.07 Å². The normalized spacial score (nSPS) is 16.7. The van der Waals surface area contributed by atoms with E-state index in [0.717, 1.165) is 30.7 Å². The number of nitrogens with one attached hydrogen (secondary N) is 3. The fourth-order valence-corrected chi connectivity index (χ4v) is 3.01. The first-order valence-corrected chi connectivity index (χ1v) is 8.87. The van der Waals surface area contributed by atoms with Gasteiger partial charge in [0, 0.05) is 24.9 Å². The zero-order valence-corrected chi connectivity index (χ0v) is 15.0. The largest absolute Gasteiger partial charge is 0.416 e. The Morgan fingerprint density at radius 1 is 1.21 bits per heavy atom. The minimum Gasteiger partial charge on any atom is -0.372 e. The zero-order valence-electron chi connectivity index (χ0n) is 15.0. The van der Waals surface area contributed by atoms with Crippen molar-refractivity contribution in [3.05, 3.63) is 53.9 Å². The first-order chi connectivity index (χ1) is 13.9. The summed E-state index contributed by atoms with van der Waals surface area (Å²) in [5, 5.41) is 16.0. The Hall–Kier alpha value is -3.34. The Balaban J connectivity index is 1.39. The number of halogens is 3. The Labute approximate surface area is 163 Å². The molecular formula is C18H17F3N6O2. The van der Waals surface area contributed by atoms with Crippen LogP contribution in [0, 0.1) is 0 Å². The minimum absolute atomic E-state index is 0.0516. The van der Waals surface area contributed by atoms with Gasteiger partial charge in [0.15, 0.2) is 11.6 Å². The van der Waals surface area contributed by atoms with Gasteiger partial charge >= 0.3 is 12.2 Å². The second kappa shape index (κ2) is 7.59. The molecule has 0 spiro atoms. The lowest BCUT2D eigenvalue weighted by atomic mass is 10.2. The summed E-state index contributed by atoms with van der Waals surface area (Å²) in [6.45, 7) is 0.696. The summed E-state index contributed by atoms with van der Waals surface area (Å²) in [7, 11) is 0. The van der Waals surface area contributed by atoms with E-state index in [1.807, 2.05) is 0 Å². The number of benzene rings is 1. The minimum atomic E-state index is -4.45. The fourth-order valence-electron chi connectivity index (χ4n) is 3.01. The fraction of sp³-hybridized carbons (Fsp3) is 0.278. The van der Waals surface area contributed by atoms with Gasteiger partial charge in [-0.2, -0.15) is 18.3 Å². The van der Waals surface area contributed by atoms with Crippen LogP contribution in [0.4, 0.5) is 29.6 Å². The number of aromatic amines is 1. The molecule has 0 aliphatic carbocycles. The van der Waals surface area contributed by atoms with E-state index in [-0.39, 0.29) is 17.6 Å². The Morgan fingerprint density at radius 2 is 2.03 bits per heavy atom. The van der Waals surface area contributed by atoms with Crippen molar-refractivity contribution in [2.45, 2.75) is 25.1 Å². The van der Waals surface area contributed by atoms with Crippen LogP contribution in [0.15, 0.2) is 42.6 Å². The third-order valence-corrected chi connectivity index (χ3v) is 4.38. The van der Waals surface area contributed by atoms with Crippen LogP contribution in [-0.4, -0.2) is 32.6 Å². The number of urea groups is 1. The highest BCUT2D eigenvalue weighted by molar-refractivity contribution is 5.98. The Morgan fingerprint density at radius 3 is 2.79 bits per heavy atom. The van der Waals surface area contributed by atoms with Crippen LogP contribution in [-0.2, 0) is 10.9 Å². The molecule has 2 amide bonds. The SMILES string of the molecule is O=C(Nc1cc(C2CCCO2)[nH]n1)Nc1ccn(-c2cccc(C(F)(F)F)c2)n1. The van der Waals surface area contributed by atoms with Gasteiger partial charge in [-0.15, -0.1) is 5.10 Å². The molecule has 3 aromatic rings. The number of H-pyrrole nitrogens is 1. The van der Waals surface area contributed by atoms with Crippen molar-refractivity contribution in [2.75, 3.05) is 17.2 Å². The van der Waals surface area contributed by atoms with Gasteiger partial charge in [-0.3, -0.25) is 15.7 Å². The molecule has 1 aromatic carbocycles. The van der Waals surface area contributed by atoms with Gasteiger partial charge in [-0.05, 0) is 31.0 Å². The molecule has 1 atom stereocenters. The van der Waals surface area contributed by atoms with Crippen molar-refractivity contribution >= 4 is 17.7 Å². The molecule has 4 rings (SSSR count). The van der Waals surface area contributed by atoms with Crippen LogP contribution in [0.1, 0.15) is 30.2 Å². The molecular weight excluding hydrogens is 389 g/mol. The molecule has 1 aliphatic rings. The summed E-state index contributed by atoms with van der Waals surface area (Å²) in [6, 6.07) is 7.33. The molecule has 1 unspecified atom stereocenters. The average molecular weight is 406 g/mol. The van der Waals surface area contributed by atoms with Gasteiger partial charge < -0.3 is 4.74 Å². The summed E-state index contributed by atoms with van der Waals surface area (Å²) >= 11 is 0. The maximum Gasteiger partial charge on any atom is 0.416 e. The van der Waals surface area contributed by atoms with Crippen LogP contribution >= 0.6 is 0 Å². The lowest BCUT2D eigenvalue weighted by Gasteiger charge is -2.08. The lowest BCUT2D eigenvalue weighted by molar-refractivity contribution is -0.137. The molecule has 2 aromatic heterocycles. The number of nitrogens with zero attached hydrogens (tertiary/aromatic N) is 3. The second-order valence-corrected chi connectivity index (χ2v) is 6.48. The summed E-state index contributed by atoms with van der Waals surface area (Å²) in [6.07, 6.45) is -1.18. The van der Waals surface area contributed by atoms with Crippen LogP contribution in [0.3, 0.4) is 0 Å². The van der Waals surface area contributed by atoms with Gasteiger partial charge in [0.2, 0.25) is 0 Å². The van der Waals surface area contributed by atoms with Gasteiger partial charge in [0.05, 0.1) is 23.0 Å². The van der Waals surface area contributed by atoms with Crippen LogP contribution in [0.25, 0.3) is 5.69 Å². The number of carbonyl (C=O) groups is 1. The predicted molar refractivity (Wildman–Crippen MR) is 97.7 cm³/mol.